The van der Waals surface area contributed by atoms with E-state index in [2.05, 4.69) is 30.2 Å². The molecular weight excluding hydrogens is 448 g/mol. The van der Waals surface area contributed by atoms with Gasteiger partial charge in [-0.3, -0.25) is 14.6 Å². The maximum absolute atomic E-state index is 13.3. The van der Waals surface area contributed by atoms with Crippen LogP contribution in [0.15, 0.2) is 36.7 Å². The number of aryl methyl sites for hydroxylation is 2. The van der Waals surface area contributed by atoms with Crippen LogP contribution in [0.25, 0.3) is 0 Å². The van der Waals surface area contributed by atoms with E-state index in [0.29, 0.717) is 54.6 Å². The summed E-state index contributed by atoms with van der Waals surface area (Å²) >= 11 is 0. The van der Waals surface area contributed by atoms with Crippen LogP contribution in [0.3, 0.4) is 0 Å². The van der Waals surface area contributed by atoms with E-state index >= 15 is 0 Å². The van der Waals surface area contributed by atoms with E-state index in [0.717, 1.165) is 62.5 Å². The molecule has 36 heavy (non-hydrogen) atoms. The average molecular weight is 489 g/mol. The molecule has 2 saturated carbocycles. The molecule has 2 N–H and O–H groups in total. The topological polar surface area (TPSA) is 79.3 Å². The lowest BCUT2D eigenvalue weighted by atomic mass is 9.54. The molecule has 1 amide bonds. The molecule has 1 heterocycles. The van der Waals surface area contributed by atoms with Gasteiger partial charge in [0.15, 0.2) is 0 Å². The molecule has 192 valence electrons. The summed E-state index contributed by atoms with van der Waals surface area (Å²) in [4.78, 5) is 29.8. The lowest BCUT2D eigenvalue weighted by Crippen LogP contribution is -2.44. The van der Waals surface area contributed by atoms with Gasteiger partial charge in [-0.15, -0.1) is 0 Å². The summed E-state index contributed by atoms with van der Waals surface area (Å²) in [6, 6.07) is 8.15. The van der Waals surface area contributed by atoms with E-state index < -0.39 is 0 Å². The predicted octanol–water partition coefficient (Wildman–Crippen LogP) is 5.88. The summed E-state index contributed by atoms with van der Waals surface area (Å²) in [6.07, 6.45) is 12.5. The number of pyridine rings is 1. The first kappa shape index (κ1) is 25.0. The molecule has 5 atom stereocenters. The number of phenolic OH excluding ortho intramolecular Hbond substituents is 1. The van der Waals surface area contributed by atoms with E-state index in [4.69, 9.17) is 0 Å². The van der Waals surface area contributed by atoms with Crippen LogP contribution in [0.4, 0.5) is 0 Å². The second-order valence-electron chi connectivity index (χ2n) is 11.6. The van der Waals surface area contributed by atoms with Gasteiger partial charge in [-0.1, -0.05) is 32.4 Å². The molecule has 2 aromatic rings. The minimum Gasteiger partial charge on any atom is -0.508 e. The zero-order chi connectivity index (χ0) is 25.3. The molecule has 0 saturated heterocycles. The summed E-state index contributed by atoms with van der Waals surface area (Å²) in [5.74, 6) is 2.74. The summed E-state index contributed by atoms with van der Waals surface area (Å²) < 4.78 is 0. The van der Waals surface area contributed by atoms with Crippen LogP contribution < -0.4 is 5.32 Å². The Kier molecular flexibility index (Phi) is 7.18. The molecule has 5 heteroatoms. The number of benzene rings is 1. The van der Waals surface area contributed by atoms with Crippen LogP contribution in [0.1, 0.15) is 93.4 Å². The van der Waals surface area contributed by atoms with Crippen molar-refractivity contribution in [1.82, 2.24) is 10.3 Å². The molecule has 5 nitrogen and oxygen atoms in total. The number of phenols is 1. The first-order valence-electron chi connectivity index (χ1n) is 13.9. The number of Topliss-reactive ketones (excluding diaryl/α,β-unsaturated/α-hetero) is 1. The number of nitrogens with one attached hydrogen (secondary N) is 1. The molecule has 0 spiro atoms. The number of carbonyl (C=O) groups is 2. The first-order valence-corrected chi connectivity index (χ1v) is 13.9. The summed E-state index contributed by atoms with van der Waals surface area (Å²) in [7, 11) is 0. The monoisotopic (exact) mass is 488 g/mol. The molecule has 1 aromatic heterocycles. The fourth-order valence-electron chi connectivity index (χ4n) is 7.77. The number of fused-ring (bicyclic) bond motifs is 5. The predicted molar refractivity (Wildman–Crippen MR) is 141 cm³/mol. The van der Waals surface area contributed by atoms with Gasteiger partial charge in [0.25, 0.3) is 0 Å². The van der Waals surface area contributed by atoms with Gasteiger partial charge in [0, 0.05) is 37.2 Å². The Labute approximate surface area is 215 Å². The molecule has 3 aliphatic rings. The number of aromatic hydroxyl groups is 1. The second-order valence-corrected chi connectivity index (χ2v) is 11.6. The fraction of sp³-hybridized carbons (Fsp3) is 0.581. The summed E-state index contributed by atoms with van der Waals surface area (Å²) in [6.45, 7) is 4.89. The zero-order valence-electron chi connectivity index (χ0n) is 21.8. The van der Waals surface area contributed by atoms with Crippen molar-refractivity contribution in [1.29, 1.82) is 0 Å². The largest absolute Gasteiger partial charge is 0.508 e. The fourth-order valence-corrected chi connectivity index (χ4v) is 7.77. The Hall–Kier alpha value is -2.69. The molecule has 0 aliphatic heterocycles. The van der Waals surface area contributed by atoms with Gasteiger partial charge >= 0.3 is 0 Å². The van der Waals surface area contributed by atoms with E-state index in [-0.39, 0.29) is 11.3 Å². The van der Waals surface area contributed by atoms with Crippen molar-refractivity contribution in [3.63, 3.8) is 0 Å². The third kappa shape index (κ3) is 4.69. The highest BCUT2D eigenvalue weighted by molar-refractivity contribution is 5.87. The summed E-state index contributed by atoms with van der Waals surface area (Å²) in [5, 5.41) is 13.5. The van der Waals surface area contributed by atoms with Crippen molar-refractivity contribution in [2.45, 2.75) is 90.5 Å². The smallest absolute Gasteiger partial charge is 0.220 e. The molecule has 3 aliphatic carbocycles. The van der Waals surface area contributed by atoms with Gasteiger partial charge in [-0.05, 0) is 103 Å². The van der Waals surface area contributed by atoms with E-state index in [1.807, 2.05) is 18.2 Å². The Bertz CT molecular complexity index is 1110. The van der Waals surface area contributed by atoms with Gasteiger partial charge < -0.3 is 10.4 Å². The van der Waals surface area contributed by atoms with Crippen LogP contribution in [0.2, 0.25) is 0 Å². The third-order valence-electron chi connectivity index (χ3n) is 9.48. The van der Waals surface area contributed by atoms with Crippen molar-refractivity contribution in [2.24, 2.45) is 23.2 Å². The number of nitrogens with zero attached hydrogens (tertiary/aromatic N) is 1. The normalized spacial score (nSPS) is 28.8. The van der Waals surface area contributed by atoms with Crippen molar-refractivity contribution >= 4 is 11.7 Å². The maximum Gasteiger partial charge on any atom is 0.220 e. The Morgan fingerprint density at radius 2 is 2.14 bits per heavy atom. The standard InChI is InChI=1S/C31H40N2O3/c1-3-6-22-15-26-21(16-27(22)34)10-11-25-24(26)12-13-31(2)28(35)17-23(30(25)31)8-4-9-29(36)33-19-20-7-5-14-32-18-20/h5,7,14-16,18,23-25,30,34H,3-4,6,8-13,17,19H2,1-2H3,(H,33,36)/t23-,24?,25?,30?,31-/m1/s1. The van der Waals surface area contributed by atoms with Gasteiger partial charge in [0.1, 0.15) is 11.5 Å². The molecule has 1 aromatic carbocycles. The molecule has 2 fully saturated rings. The quantitative estimate of drug-likeness (QED) is 0.486. The van der Waals surface area contributed by atoms with Gasteiger partial charge in [0.05, 0.1) is 0 Å². The highest BCUT2D eigenvalue weighted by Gasteiger charge is 2.58. The van der Waals surface area contributed by atoms with E-state index in [1.54, 1.807) is 12.4 Å². The van der Waals surface area contributed by atoms with E-state index in [9.17, 15) is 14.7 Å². The number of rotatable bonds is 8. The maximum atomic E-state index is 13.3. The zero-order valence-corrected chi connectivity index (χ0v) is 21.8. The molecule has 3 unspecified atom stereocenters. The number of ketones is 1. The van der Waals surface area contributed by atoms with Crippen molar-refractivity contribution in [3.8, 4) is 5.75 Å². The highest BCUT2D eigenvalue weighted by atomic mass is 16.3. The Balaban J connectivity index is 1.26. The van der Waals surface area contributed by atoms with Crippen molar-refractivity contribution in [3.05, 3.63) is 58.9 Å². The molecule has 5 rings (SSSR count). The van der Waals surface area contributed by atoms with Crippen LogP contribution in [0.5, 0.6) is 5.75 Å². The van der Waals surface area contributed by atoms with E-state index in [1.165, 1.54) is 11.1 Å². The second kappa shape index (κ2) is 10.4. The molecule has 0 bridgehead atoms. The number of hydrogen-bond acceptors (Lipinski definition) is 4. The minimum absolute atomic E-state index is 0.0716. The Morgan fingerprint density at radius 1 is 1.28 bits per heavy atom. The number of amides is 1. The third-order valence-corrected chi connectivity index (χ3v) is 9.48. The lowest BCUT2D eigenvalue weighted by Gasteiger charge is -2.50. The summed E-state index contributed by atoms with van der Waals surface area (Å²) in [5.41, 5.74) is 4.60. The number of aromatic nitrogens is 1. The average Bonchev–Trinajstić information content (AvgIpc) is 3.13. The van der Waals surface area contributed by atoms with Gasteiger partial charge in [-0.2, -0.15) is 0 Å². The SMILES string of the molecule is CCCc1cc2c(cc1O)CCC1C2CC[C@]2(C)C(=O)C[C@@H](CCCC(=O)NCc3cccnc3)C12. The van der Waals surface area contributed by atoms with Gasteiger partial charge in [-0.25, -0.2) is 0 Å². The number of carbonyl (C=O) groups excluding carboxylic acids is 2. The van der Waals surface area contributed by atoms with Crippen molar-refractivity contribution in [2.75, 3.05) is 0 Å². The minimum atomic E-state index is -0.213. The lowest BCUT2D eigenvalue weighted by molar-refractivity contribution is -0.129. The Morgan fingerprint density at radius 3 is 2.92 bits per heavy atom. The first-order chi connectivity index (χ1) is 17.4. The van der Waals surface area contributed by atoms with Crippen LogP contribution in [-0.4, -0.2) is 21.8 Å². The van der Waals surface area contributed by atoms with Crippen molar-refractivity contribution < 1.29 is 14.7 Å². The van der Waals surface area contributed by atoms with Crippen LogP contribution in [-0.2, 0) is 29.0 Å². The van der Waals surface area contributed by atoms with Crippen LogP contribution in [0, 0.1) is 23.2 Å². The van der Waals surface area contributed by atoms with Crippen LogP contribution >= 0.6 is 0 Å². The molecular formula is C31H40N2O3. The molecule has 0 radical (unpaired) electrons. The highest BCUT2D eigenvalue weighted by Crippen LogP contribution is 2.62. The number of hydrogen-bond donors (Lipinski definition) is 2. The van der Waals surface area contributed by atoms with Gasteiger partial charge in [0.2, 0.25) is 5.91 Å².